The Morgan fingerprint density at radius 3 is 2.15 bits per heavy atom. The minimum atomic E-state index is -0.779. The second kappa shape index (κ2) is 11.0. The van der Waals surface area contributed by atoms with Crippen LogP contribution in [0.4, 0.5) is 4.39 Å². The van der Waals surface area contributed by atoms with Crippen LogP contribution in [0.5, 0.6) is 11.5 Å². The van der Waals surface area contributed by atoms with Crippen molar-refractivity contribution in [1.82, 2.24) is 10.2 Å². The number of ether oxygens (including phenoxy) is 1. The molecule has 1 heterocycles. The van der Waals surface area contributed by atoms with Gasteiger partial charge in [-0.25, -0.2) is 4.39 Å². The summed E-state index contributed by atoms with van der Waals surface area (Å²) in [7, 11) is 0. The molecular weight excluding hydrogens is 455 g/mol. The van der Waals surface area contributed by atoms with Crippen molar-refractivity contribution in [2.75, 3.05) is 12.0 Å². The van der Waals surface area contributed by atoms with Gasteiger partial charge in [-0.3, -0.25) is 19.3 Å². The molecule has 2 aromatic rings. The number of halogens is 1. The van der Waals surface area contributed by atoms with Crippen molar-refractivity contribution in [1.29, 1.82) is 0 Å². The second-order valence-electron chi connectivity index (χ2n) is 8.76. The van der Waals surface area contributed by atoms with Crippen molar-refractivity contribution in [2.45, 2.75) is 44.7 Å². The Balaban J connectivity index is 1.38. The van der Waals surface area contributed by atoms with Crippen molar-refractivity contribution in [3.05, 3.63) is 59.9 Å². The van der Waals surface area contributed by atoms with Crippen LogP contribution >= 0.6 is 11.8 Å². The lowest BCUT2D eigenvalue weighted by Crippen LogP contribution is -2.50. The van der Waals surface area contributed by atoms with Gasteiger partial charge in [0.2, 0.25) is 17.7 Å². The Hall–Kier alpha value is -2.87. The maximum Gasteiger partial charge on any atom is 0.243 e. The monoisotopic (exact) mass is 484 g/mol. The van der Waals surface area contributed by atoms with Gasteiger partial charge >= 0.3 is 0 Å². The van der Waals surface area contributed by atoms with E-state index >= 15 is 0 Å². The summed E-state index contributed by atoms with van der Waals surface area (Å²) in [6, 6.07) is 12.2. The van der Waals surface area contributed by atoms with E-state index in [-0.39, 0.29) is 41.9 Å². The van der Waals surface area contributed by atoms with E-state index in [1.807, 2.05) is 18.4 Å². The number of fused-ring (bicyclic) bond motifs is 1. The minimum absolute atomic E-state index is 0.182. The van der Waals surface area contributed by atoms with Crippen LogP contribution in [0.3, 0.4) is 0 Å². The number of thioether (sulfide) groups is 1. The Kier molecular flexibility index (Phi) is 7.88. The molecule has 0 aromatic heterocycles. The maximum absolute atomic E-state index is 13.1. The molecule has 34 heavy (non-hydrogen) atoms. The summed E-state index contributed by atoms with van der Waals surface area (Å²) in [6.45, 7) is 0.272. The van der Waals surface area contributed by atoms with Crippen LogP contribution in [-0.2, 0) is 20.9 Å². The number of hydrogen-bond acceptors (Lipinski definition) is 5. The Morgan fingerprint density at radius 1 is 1.03 bits per heavy atom. The zero-order chi connectivity index (χ0) is 24.1. The number of rotatable bonds is 9. The summed E-state index contributed by atoms with van der Waals surface area (Å²) in [5.41, 5.74) is 0.858. The highest BCUT2D eigenvalue weighted by Crippen LogP contribution is 2.39. The molecule has 3 atom stereocenters. The summed E-state index contributed by atoms with van der Waals surface area (Å²) in [5, 5.41) is 2.91. The van der Waals surface area contributed by atoms with Crippen LogP contribution < -0.4 is 10.1 Å². The zero-order valence-electron chi connectivity index (χ0n) is 19.2. The Bertz CT molecular complexity index is 1000. The molecule has 1 saturated carbocycles. The van der Waals surface area contributed by atoms with Crippen LogP contribution in [-0.4, -0.2) is 40.7 Å². The lowest BCUT2D eigenvalue weighted by atomic mass is 9.81. The highest BCUT2D eigenvalue weighted by molar-refractivity contribution is 7.98. The molecule has 1 aliphatic carbocycles. The number of nitrogens with one attached hydrogen (secondary N) is 1. The molecule has 0 radical (unpaired) electrons. The molecule has 3 unspecified atom stereocenters. The largest absolute Gasteiger partial charge is 0.457 e. The molecule has 3 amide bonds. The van der Waals surface area contributed by atoms with E-state index in [1.165, 1.54) is 17.0 Å². The van der Waals surface area contributed by atoms with E-state index in [0.717, 1.165) is 31.2 Å². The van der Waals surface area contributed by atoms with E-state index in [0.29, 0.717) is 23.7 Å². The molecular formula is C26H29FN2O4S. The number of hydrogen-bond donors (Lipinski definition) is 1. The van der Waals surface area contributed by atoms with Gasteiger partial charge in [-0.15, -0.1) is 0 Å². The first-order chi connectivity index (χ1) is 16.5. The molecule has 1 aliphatic heterocycles. The third-order valence-electron chi connectivity index (χ3n) is 6.52. The SMILES string of the molecule is CSCCC(C(=O)NCc1ccc(Oc2ccc(F)cc2)cc1)N1C(=O)C2CCCCC2C1=O. The summed E-state index contributed by atoms with van der Waals surface area (Å²) < 4.78 is 18.7. The fourth-order valence-electron chi connectivity index (χ4n) is 4.72. The van der Waals surface area contributed by atoms with Gasteiger partial charge in [-0.2, -0.15) is 11.8 Å². The van der Waals surface area contributed by atoms with Gasteiger partial charge in [0.1, 0.15) is 23.4 Å². The number of amides is 3. The van der Waals surface area contributed by atoms with Crippen molar-refractivity contribution in [3.8, 4) is 11.5 Å². The highest BCUT2D eigenvalue weighted by Gasteiger charge is 2.51. The second-order valence-corrected chi connectivity index (χ2v) is 9.74. The molecule has 1 N–H and O–H groups in total. The first-order valence-corrected chi connectivity index (χ1v) is 13.0. The van der Waals surface area contributed by atoms with Gasteiger partial charge < -0.3 is 10.1 Å². The lowest BCUT2D eigenvalue weighted by molar-refractivity contribution is -0.148. The van der Waals surface area contributed by atoms with Gasteiger partial charge in [0, 0.05) is 6.54 Å². The van der Waals surface area contributed by atoms with Crippen LogP contribution in [0.25, 0.3) is 0 Å². The number of imide groups is 1. The van der Waals surface area contributed by atoms with E-state index in [9.17, 15) is 18.8 Å². The molecule has 8 heteroatoms. The predicted molar refractivity (Wildman–Crippen MR) is 129 cm³/mol. The highest BCUT2D eigenvalue weighted by atomic mass is 32.2. The first kappa shape index (κ1) is 24.3. The summed E-state index contributed by atoms with van der Waals surface area (Å²) in [6.07, 6.45) is 5.75. The van der Waals surface area contributed by atoms with E-state index in [2.05, 4.69) is 5.32 Å². The molecule has 2 fully saturated rings. The summed E-state index contributed by atoms with van der Waals surface area (Å²) >= 11 is 1.59. The molecule has 180 valence electrons. The van der Waals surface area contributed by atoms with Gasteiger partial charge in [-0.05, 0) is 73.2 Å². The van der Waals surface area contributed by atoms with E-state index in [1.54, 1.807) is 36.0 Å². The quantitative estimate of drug-likeness (QED) is 0.529. The third kappa shape index (κ3) is 5.43. The minimum Gasteiger partial charge on any atom is -0.457 e. The van der Waals surface area contributed by atoms with Gasteiger partial charge in [0.05, 0.1) is 11.8 Å². The zero-order valence-corrected chi connectivity index (χ0v) is 20.0. The average molecular weight is 485 g/mol. The fourth-order valence-corrected chi connectivity index (χ4v) is 5.18. The van der Waals surface area contributed by atoms with Crippen molar-refractivity contribution >= 4 is 29.5 Å². The first-order valence-electron chi connectivity index (χ1n) is 11.6. The van der Waals surface area contributed by atoms with Crippen LogP contribution in [0.2, 0.25) is 0 Å². The predicted octanol–water partition coefficient (Wildman–Crippen LogP) is 4.53. The van der Waals surface area contributed by atoms with Gasteiger partial charge in [0.15, 0.2) is 0 Å². The van der Waals surface area contributed by atoms with Crippen LogP contribution in [0, 0.1) is 17.7 Å². The van der Waals surface area contributed by atoms with Crippen molar-refractivity contribution < 1.29 is 23.5 Å². The van der Waals surface area contributed by atoms with Gasteiger partial charge in [0.25, 0.3) is 0 Å². The number of carbonyl (C=O) groups is 3. The van der Waals surface area contributed by atoms with E-state index < -0.39 is 6.04 Å². The molecule has 0 spiro atoms. The summed E-state index contributed by atoms with van der Waals surface area (Å²) in [5.74, 6) is 0.275. The number of benzene rings is 2. The molecule has 0 bridgehead atoms. The smallest absolute Gasteiger partial charge is 0.243 e. The van der Waals surface area contributed by atoms with Crippen LogP contribution in [0.15, 0.2) is 48.5 Å². The Morgan fingerprint density at radius 2 is 1.59 bits per heavy atom. The maximum atomic E-state index is 13.1. The number of likely N-dealkylation sites (tertiary alicyclic amines) is 1. The van der Waals surface area contributed by atoms with Gasteiger partial charge in [-0.1, -0.05) is 25.0 Å². The lowest BCUT2D eigenvalue weighted by Gasteiger charge is -2.26. The topological polar surface area (TPSA) is 75.7 Å². The normalized spacial score (nSPS) is 20.7. The molecule has 2 aliphatic rings. The number of nitrogens with zero attached hydrogens (tertiary/aromatic N) is 1. The average Bonchev–Trinajstić information content (AvgIpc) is 3.11. The van der Waals surface area contributed by atoms with Crippen molar-refractivity contribution in [3.63, 3.8) is 0 Å². The molecule has 1 saturated heterocycles. The molecule has 4 rings (SSSR count). The van der Waals surface area contributed by atoms with Crippen molar-refractivity contribution in [2.24, 2.45) is 11.8 Å². The van der Waals surface area contributed by atoms with E-state index in [4.69, 9.17) is 4.74 Å². The molecule has 6 nitrogen and oxygen atoms in total. The Labute approximate surface area is 203 Å². The molecule has 2 aromatic carbocycles. The third-order valence-corrected chi connectivity index (χ3v) is 7.17. The number of carbonyl (C=O) groups excluding carboxylic acids is 3. The summed E-state index contributed by atoms with van der Waals surface area (Å²) in [4.78, 5) is 40.4. The fraction of sp³-hybridized carbons (Fsp3) is 0.423. The standard InChI is InChI=1S/C26H29FN2O4S/c1-34-15-14-23(29-25(31)21-4-2-3-5-22(21)26(29)32)24(30)28-16-17-6-10-19(11-7-17)33-20-12-8-18(27)9-13-20/h6-13,21-23H,2-5,14-16H2,1H3,(H,28,30). The van der Waals surface area contributed by atoms with Crippen LogP contribution in [0.1, 0.15) is 37.7 Å².